The second kappa shape index (κ2) is 11.3. The molecule has 10 heteroatoms. The third kappa shape index (κ3) is 6.68. The van der Waals surface area contributed by atoms with Gasteiger partial charge in [0.25, 0.3) is 10.0 Å². The van der Waals surface area contributed by atoms with E-state index in [1.54, 1.807) is 17.0 Å². The molecular weight excluding hydrogens is 430 g/mol. The maximum absolute atomic E-state index is 12.5. The molecule has 0 aromatic heterocycles. The molecule has 1 saturated carbocycles. The van der Waals surface area contributed by atoms with Gasteiger partial charge in [-0.2, -0.15) is 5.26 Å². The first-order valence-corrected chi connectivity index (χ1v) is 12.7. The van der Waals surface area contributed by atoms with Gasteiger partial charge in [0.15, 0.2) is 0 Å². The van der Waals surface area contributed by atoms with E-state index in [1.165, 1.54) is 12.1 Å². The van der Waals surface area contributed by atoms with Crippen LogP contribution in [-0.2, 0) is 21.2 Å². The largest absolute Gasteiger partial charge is 0.335 e. The van der Waals surface area contributed by atoms with Crippen LogP contribution in [0.4, 0.5) is 4.79 Å². The van der Waals surface area contributed by atoms with Gasteiger partial charge in [-0.1, -0.05) is 31.4 Å². The number of likely N-dealkylation sites (tertiary alicyclic amines) is 1. The highest BCUT2D eigenvalue weighted by Crippen LogP contribution is 2.18. The Balaban J connectivity index is 1.42. The van der Waals surface area contributed by atoms with Gasteiger partial charge in [0, 0.05) is 12.6 Å². The molecule has 3 amide bonds. The first-order valence-electron chi connectivity index (χ1n) is 11.2. The van der Waals surface area contributed by atoms with Crippen LogP contribution < -0.4 is 15.4 Å². The fourth-order valence-electron chi connectivity index (χ4n) is 4.21. The van der Waals surface area contributed by atoms with Crippen molar-refractivity contribution in [2.45, 2.75) is 68.3 Å². The van der Waals surface area contributed by atoms with Crippen LogP contribution >= 0.6 is 0 Å². The van der Waals surface area contributed by atoms with E-state index in [0.717, 1.165) is 50.5 Å². The van der Waals surface area contributed by atoms with Crippen molar-refractivity contribution >= 4 is 22.0 Å². The zero-order chi connectivity index (χ0) is 23.0. The number of rotatable bonds is 8. The minimum atomic E-state index is -3.93. The Bertz CT molecular complexity index is 936. The van der Waals surface area contributed by atoms with E-state index in [9.17, 15) is 18.0 Å². The number of carbonyl (C=O) groups excluding carboxylic acids is 2. The van der Waals surface area contributed by atoms with Crippen molar-refractivity contribution in [1.29, 1.82) is 5.26 Å². The topological polar surface area (TPSA) is 131 Å². The maximum Gasteiger partial charge on any atom is 0.328 e. The highest BCUT2D eigenvalue weighted by molar-refractivity contribution is 7.90. The Morgan fingerprint density at radius 3 is 2.47 bits per heavy atom. The fraction of sp³-hybridized carbons (Fsp3) is 0.591. The number of benzene rings is 1. The third-order valence-corrected chi connectivity index (χ3v) is 7.34. The Kier molecular flexibility index (Phi) is 8.47. The van der Waals surface area contributed by atoms with E-state index in [1.807, 2.05) is 0 Å². The quantitative estimate of drug-likeness (QED) is 0.505. The van der Waals surface area contributed by atoms with Crippen molar-refractivity contribution in [3.8, 4) is 6.07 Å². The fourth-order valence-corrected chi connectivity index (χ4v) is 5.12. The van der Waals surface area contributed by atoms with Crippen LogP contribution in [-0.4, -0.2) is 57.0 Å². The van der Waals surface area contributed by atoms with Crippen LogP contribution in [0.2, 0.25) is 0 Å². The predicted molar refractivity (Wildman–Crippen MR) is 119 cm³/mol. The lowest BCUT2D eigenvalue weighted by atomic mass is 9.96. The van der Waals surface area contributed by atoms with E-state index in [4.69, 9.17) is 5.26 Å². The smallest absolute Gasteiger partial charge is 0.328 e. The second-order valence-corrected chi connectivity index (χ2v) is 10.0. The number of urea groups is 1. The lowest BCUT2D eigenvalue weighted by Gasteiger charge is -2.22. The third-order valence-electron chi connectivity index (χ3n) is 5.99. The van der Waals surface area contributed by atoms with Gasteiger partial charge in [-0.15, -0.1) is 0 Å². The van der Waals surface area contributed by atoms with Crippen LogP contribution in [0.15, 0.2) is 29.2 Å². The Labute approximate surface area is 189 Å². The van der Waals surface area contributed by atoms with Gasteiger partial charge >= 0.3 is 6.03 Å². The number of nitriles is 1. The molecule has 32 heavy (non-hydrogen) atoms. The van der Waals surface area contributed by atoms with E-state index in [-0.39, 0.29) is 29.4 Å². The molecule has 1 saturated heterocycles. The first kappa shape index (κ1) is 24.0. The molecule has 0 radical (unpaired) electrons. The SMILES string of the molecule is N#C[C@@H]1CCCN1C(=O)CNCCc1ccc(S(=O)(=O)NC(=O)NC2CCCCC2)cc1. The van der Waals surface area contributed by atoms with Crippen molar-refractivity contribution in [3.05, 3.63) is 29.8 Å². The van der Waals surface area contributed by atoms with E-state index >= 15 is 0 Å². The van der Waals surface area contributed by atoms with Gasteiger partial charge in [-0.05, 0) is 56.3 Å². The summed E-state index contributed by atoms with van der Waals surface area (Å²) in [4.78, 5) is 25.9. The zero-order valence-corrected chi connectivity index (χ0v) is 19.0. The molecule has 0 spiro atoms. The second-order valence-electron chi connectivity index (χ2n) is 8.36. The average molecular weight is 462 g/mol. The molecular formula is C22H31N5O4S. The number of hydrogen-bond donors (Lipinski definition) is 3. The van der Waals surface area contributed by atoms with Crippen LogP contribution in [0.1, 0.15) is 50.5 Å². The highest BCUT2D eigenvalue weighted by atomic mass is 32.2. The molecule has 2 aliphatic rings. The van der Waals surface area contributed by atoms with E-state index in [2.05, 4.69) is 21.4 Å². The summed E-state index contributed by atoms with van der Waals surface area (Å²) in [7, 11) is -3.93. The molecule has 1 aliphatic carbocycles. The minimum Gasteiger partial charge on any atom is -0.335 e. The van der Waals surface area contributed by atoms with Crippen molar-refractivity contribution in [2.24, 2.45) is 0 Å². The standard InChI is InChI=1S/C22H31N5O4S/c23-15-19-7-4-14-27(19)21(28)16-24-13-12-17-8-10-20(11-9-17)32(30,31)26-22(29)25-18-5-2-1-3-6-18/h8-11,18-19,24H,1-7,12-14,16H2,(H2,25,26,29)/t19-/m0/s1. The number of nitrogens with zero attached hydrogens (tertiary/aromatic N) is 2. The molecule has 3 N–H and O–H groups in total. The van der Waals surface area contributed by atoms with Crippen molar-refractivity contribution in [1.82, 2.24) is 20.3 Å². The van der Waals surface area contributed by atoms with Crippen molar-refractivity contribution in [3.63, 3.8) is 0 Å². The number of carbonyl (C=O) groups is 2. The normalized spacial score (nSPS) is 19.3. The Morgan fingerprint density at radius 2 is 1.78 bits per heavy atom. The number of amides is 3. The molecule has 3 rings (SSSR count). The van der Waals surface area contributed by atoms with Crippen molar-refractivity contribution in [2.75, 3.05) is 19.6 Å². The van der Waals surface area contributed by atoms with Crippen LogP contribution in [0.3, 0.4) is 0 Å². The zero-order valence-electron chi connectivity index (χ0n) is 18.2. The maximum atomic E-state index is 12.5. The van der Waals surface area contributed by atoms with Crippen LogP contribution in [0, 0.1) is 11.3 Å². The number of sulfonamides is 1. The summed E-state index contributed by atoms with van der Waals surface area (Å²) in [5.74, 6) is -0.0759. The lowest BCUT2D eigenvalue weighted by Crippen LogP contribution is -2.45. The first-order chi connectivity index (χ1) is 15.4. The predicted octanol–water partition coefficient (Wildman–Crippen LogP) is 1.65. The van der Waals surface area contributed by atoms with Gasteiger partial charge in [0.05, 0.1) is 17.5 Å². The van der Waals surface area contributed by atoms with E-state index < -0.39 is 16.1 Å². The monoisotopic (exact) mass is 461 g/mol. The summed E-state index contributed by atoms with van der Waals surface area (Å²) in [6.07, 6.45) is 7.19. The Hall–Kier alpha value is -2.64. The summed E-state index contributed by atoms with van der Waals surface area (Å²) in [6, 6.07) is 7.51. The summed E-state index contributed by atoms with van der Waals surface area (Å²) in [5, 5.41) is 14.9. The van der Waals surface area contributed by atoms with Gasteiger partial charge in [0.2, 0.25) is 5.91 Å². The molecule has 1 aliphatic heterocycles. The Morgan fingerprint density at radius 1 is 1.06 bits per heavy atom. The molecule has 1 aromatic rings. The molecule has 1 atom stereocenters. The number of hydrogen-bond acceptors (Lipinski definition) is 6. The van der Waals surface area contributed by atoms with Crippen molar-refractivity contribution < 1.29 is 18.0 Å². The van der Waals surface area contributed by atoms with Crippen LogP contribution in [0.25, 0.3) is 0 Å². The van der Waals surface area contributed by atoms with Gasteiger partial charge < -0.3 is 15.5 Å². The van der Waals surface area contributed by atoms with E-state index in [0.29, 0.717) is 19.5 Å². The minimum absolute atomic E-state index is 0.0250. The molecule has 1 aromatic carbocycles. The lowest BCUT2D eigenvalue weighted by molar-refractivity contribution is -0.130. The summed E-state index contributed by atoms with van der Waals surface area (Å²) < 4.78 is 27.0. The molecule has 0 bridgehead atoms. The molecule has 174 valence electrons. The summed E-state index contributed by atoms with van der Waals surface area (Å²) >= 11 is 0. The molecule has 0 unspecified atom stereocenters. The summed E-state index contributed by atoms with van der Waals surface area (Å²) in [5.41, 5.74) is 0.909. The van der Waals surface area contributed by atoms with Gasteiger partial charge in [-0.25, -0.2) is 17.9 Å². The average Bonchev–Trinajstić information content (AvgIpc) is 3.26. The molecule has 9 nitrogen and oxygen atoms in total. The van der Waals surface area contributed by atoms with Gasteiger partial charge in [0.1, 0.15) is 6.04 Å². The molecule has 2 fully saturated rings. The summed E-state index contributed by atoms with van der Waals surface area (Å²) in [6.45, 7) is 1.34. The molecule has 1 heterocycles. The number of nitrogens with one attached hydrogen (secondary N) is 3. The van der Waals surface area contributed by atoms with Gasteiger partial charge in [-0.3, -0.25) is 4.79 Å². The van der Waals surface area contributed by atoms with Crippen LogP contribution in [0.5, 0.6) is 0 Å². The highest BCUT2D eigenvalue weighted by Gasteiger charge is 2.27.